The average molecular weight is 178 g/mol. The van der Waals surface area contributed by atoms with Crippen LogP contribution in [-0.4, -0.2) is 4.98 Å². The molecule has 0 aliphatic carbocycles. The molecule has 0 N–H and O–H groups in total. The molecular weight excluding hydrogens is 162 g/mol. The lowest BCUT2D eigenvalue weighted by molar-refractivity contribution is 0.523. The van der Waals surface area contributed by atoms with E-state index in [1.54, 1.807) is 6.92 Å². The van der Waals surface area contributed by atoms with Crippen molar-refractivity contribution < 1.29 is 4.42 Å². The first-order valence-electron chi connectivity index (χ1n) is 3.87. The van der Waals surface area contributed by atoms with Crippen molar-refractivity contribution >= 4 is 11.6 Å². The molecule has 0 radical (unpaired) electrons. The maximum absolute atomic E-state index is 5.33. The van der Waals surface area contributed by atoms with Crippen molar-refractivity contribution in [3.05, 3.63) is 17.3 Å². The average Bonchev–Trinajstić information content (AvgIpc) is 2.43. The highest BCUT2D eigenvalue weighted by Crippen LogP contribution is 2.06. The van der Waals surface area contributed by atoms with Gasteiger partial charge in [0.1, 0.15) is 0 Å². The van der Waals surface area contributed by atoms with Crippen molar-refractivity contribution in [2.75, 3.05) is 0 Å². The van der Waals surface area contributed by atoms with Crippen LogP contribution in [0, 0.1) is 6.92 Å². The Morgan fingerprint density at radius 2 is 1.73 bits per heavy atom. The second kappa shape index (κ2) is 9.50. The highest BCUT2D eigenvalue weighted by atomic mass is 35.5. The molecule has 3 heteroatoms. The number of oxazole rings is 1. The summed E-state index contributed by atoms with van der Waals surface area (Å²) in [6, 6.07) is 0. The van der Waals surface area contributed by atoms with E-state index < -0.39 is 0 Å². The third-order valence-electron chi connectivity index (χ3n) is 0.593. The van der Waals surface area contributed by atoms with E-state index in [0.717, 1.165) is 0 Å². The summed E-state index contributed by atoms with van der Waals surface area (Å²) in [5.74, 6) is 0.602. The quantitative estimate of drug-likeness (QED) is 0.604. The molecular formula is C8H16ClNO. The molecule has 0 aromatic carbocycles. The predicted molar refractivity (Wildman–Crippen MR) is 48.9 cm³/mol. The van der Waals surface area contributed by atoms with E-state index in [9.17, 15) is 0 Å². The Bertz CT molecular complexity index is 146. The van der Waals surface area contributed by atoms with Gasteiger partial charge in [0.15, 0.2) is 5.89 Å². The molecule has 66 valence electrons. The standard InChI is InChI=1S/C4H4ClNO.2C2H6/c1-3-6-2-4(5)7-3;2*1-2/h2H,1H3;2*1-2H3. The molecule has 0 bridgehead atoms. The summed E-state index contributed by atoms with van der Waals surface area (Å²) < 4.78 is 4.74. The fourth-order valence-corrected chi connectivity index (χ4v) is 0.496. The van der Waals surface area contributed by atoms with E-state index in [1.165, 1.54) is 6.20 Å². The van der Waals surface area contributed by atoms with E-state index in [-0.39, 0.29) is 0 Å². The van der Waals surface area contributed by atoms with E-state index >= 15 is 0 Å². The number of hydrogen-bond donors (Lipinski definition) is 0. The minimum atomic E-state index is 0.345. The van der Waals surface area contributed by atoms with Gasteiger partial charge >= 0.3 is 0 Å². The summed E-state index contributed by atoms with van der Waals surface area (Å²) in [6.07, 6.45) is 1.47. The van der Waals surface area contributed by atoms with Gasteiger partial charge in [0, 0.05) is 6.92 Å². The molecule has 0 aliphatic heterocycles. The van der Waals surface area contributed by atoms with Gasteiger partial charge in [0.25, 0.3) is 0 Å². The number of halogens is 1. The van der Waals surface area contributed by atoms with Crippen LogP contribution in [0.3, 0.4) is 0 Å². The highest BCUT2D eigenvalue weighted by molar-refractivity contribution is 6.28. The second-order valence-corrected chi connectivity index (χ2v) is 1.56. The molecule has 2 nitrogen and oxygen atoms in total. The lowest BCUT2D eigenvalue weighted by Gasteiger charge is -1.71. The molecule has 1 aromatic heterocycles. The Labute approximate surface area is 73.6 Å². The zero-order valence-electron chi connectivity index (χ0n) is 7.81. The van der Waals surface area contributed by atoms with Crippen LogP contribution in [0.4, 0.5) is 0 Å². The summed E-state index contributed by atoms with van der Waals surface area (Å²) in [7, 11) is 0. The van der Waals surface area contributed by atoms with E-state index in [1.807, 2.05) is 27.7 Å². The van der Waals surface area contributed by atoms with Crippen molar-refractivity contribution in [2.24, 2.45) is 0 Å². The monoisotopic (exact) mass is 177 g/mol. The van der Waals surface area contributed by atoms with Gasteiger partial charge in [0.2, 0.25) is 5.22 Å². The number of nitrogens with zero attached hydrogens (tertiary/aromatic N) is 1. The Morgan fingerprint density at radius 1 is 1.27 bits per heavy atom. The molecule has 0 saturated heterocycles. The number of aryl methyl sites for hydroxylation is 1. The number of rotatable bonds is 0. The van der Waals surface area contributed by atoms with E-state index in [4.69, 9.17) is 16.0 Å². The first-order valence-corrected chi connectivity index (χ1v) is 4.25. The molecule has 11 heavy (non-hydrogen) atoms. The SMILES string of the molecule is CC.CC.Cc1ncc(Cl)o1. The maximum Gasteiger partial charge on any atom is 0.213 e. The van der Waals surface area contributed by atoms with Crippen LogP contribution in [0.2, 0.25) is 5.22 Å². The van der Waals surface area contributed by atoms with Crippen molar-refractivity contribution in [3.8, 4) is 0 Å². The van der Waals surface area contributed by atoms with Gasteiger partial charge in [-0.05, 0) is 11.6 Å². The number of aromatic nitrogens is 1. The topological polar surface area (TPSA) is 26.0 Å². The predicted octanol–water partition coefficient (Wildman–Crippen LogP) is 3.69. The molecule has 0 spiro atoms. The van der Waals surface area contributed by atoms with Crippen LogP contribution in [0.1, 0.15) is 33.6 Å². The van der Waals surface area contributed by atoms with Gasteiger partial charge in [-0.15, -0.1) is 0 Å². The Hall–Kier alpha value is -0.500. The Morgan fingerprint density at radius 3 is 1.82 bits per heavy atom. The van der Waals surface area contributed by atoms with Crippen molar-refractivity contribution in [3.63, 3.8) is 0 Å². The minimum absolute atomic E-state index is 0.345. The molecule has 1 aromatic rings. The van der Waals surface area contributed by atoms with Crippen LogP contribution in [0.5, 0.6) is 0 Å². The van der Waals surface area contributed by atoms with E-state index in [0.29, 0.717) is 11.1 Å². The van der Waals surface area contributed by atoms with Gasteiger partial charge in [0.05, 0.1) is 6.20 Å². The third kappa shape index (κ3) is 7.40. The molecule has 1 rings (SSSR count). The van der Waals surface area contributed by atoms with E-state index in [2.05, 4.69) is 4.98 Å². The molecule has 1 heterocycles. The van der Waals surface area contributed by atoms with Crippen LogP contribution in [0.15, 0.2) is 10.6 Å². The smallest absolute Gasteiger partial charge is 0.213 e. The van der Waals surface area contributed by atoms with Gasteiger partial charge in [-0.25, -0.2) is 4.98 Å². The van der Waals surface area contributed by atoms with Crippen LogP contribution < -0.4 is 0 Å². The van der Waals surface area contributed by atoms with Gasteiger partial charge in [-0.1, -0.05) is 27.7 Å². The van der Waals surface area contributed by atoms with Crippen LogP contribution in [0.25, 0.3) is 0 Å². The van der Waals surface area contributed by atoms with Crippen LogP contribution >= 0.6 is 11.6 Å². The molecule has 0 amide bonds. The molecule has 0 fully saturated rings. The fraction of sp³-hybridized carbons (Fsp3) is 0.625. The fourth-order valence-electron chi connectivity index (χ4n) is 0.335. The Kier molecular flexibility index (Phi) is 11.3. The Balaban J connectivity index is 0. The molecule has 0 saturated carbocycles. The largest absolute Gasteiger partial charge is 0.430 e. The first kappa shape index (κ1) is 13.1. The summed E-state index contributed by atoms with van der Waals surface area (Å²) in [5.41, 5.74) is 0. The molecule has 0 atom stereocenters. The minimum Gasteiger partial charge on any atom is -0.430 e. The van der Waals surface area contributed by atoms with Crippen molar-refractivity contribution in [2.45, 2.75) is 34.6 Å². The summed E-state index contributed by atoms with van der Waals surface area (Å²) >= 11 is 5.33. The zero-order chi connectivity index (χ0) is 9.28. The summed E-state index contributed by atoms with van der Waals surface area (Å²) in [4.78, 5) is 3.72. The molecule has 0 aliphatic rings. The normalized spacial score (nSPS) is 7.09. The van der Waals surface area contributed by atoms with Gasteiger partial charge < -0.3 is 4.42 Å². The van der Waals surface area contributed by atoms with Crippen molar-refractivity contribution in [1.82, 2.24) is 4.98 Å². The van der Waals surface area contributed by atoms with Crippen LogP contribution in [-0.2, 0) is 0 Å². The maximum atomic E-state index is 5.33. The zero-order valence-corrected chi connectivity index (χ0v) is 8.57. The van der Waals surface area contributed by atoms with Crippen molar-refractivity contribution in [1.29, 1.82) is 0 Å². The third-order valence-corrected chi connectivity index (χ3v) is 0.768. The molecule has 0 unspecified atom stereocenters. The summed E-state index contributed by atoms with van der Waals surface area (Å²) in [5, 5.41) is 0.345. The summed E-state index contributed by atoms with van der Waals surface area (Å²) in [6.45, 7) is 9.74. The second-order valence-electron chi connectivity index (χ2n) is 1.18. The van der Waals surface area contributed by atoms with Gasteiger partial charge in [-0.2, -0.15) is 0 Å². The first-order chi connectivity index (χ1) is 5.29. The number of hydrogen-bond acceptors (Lipinski definition) is 2. The highest BCUT2D eigenvalue weighted by Gasteiger charge is 1.89. The van der Waals surface area contributed by atoms with Gasteiger partial charge in [-0.3, -0.25) is 0 Å². The lowest BCUT2D eigenvalue weighted by atomic mass is 10.8. The lowest BCUT2D eigenvalue weighted by Crippen LogP contribution is -1.59.